The van der Waals surface area contributed by atoms with Gasteiger partial charge in [0.25, 0.3) is 5.56 Å². The first kappa shape index (κ1) is 20.4. The zero-order valence-corrected chi connectivity index (χ0v) is 17.1. The van der Waals surface area contributed by atoms with Gasteiger partial charge >= 0.3 is 0 Å². The van der Waals surface area contributed by atoms with Crippen LogP contribution < -0.4 is 15.6 Å². The Morgan fingerprint density at radius 2 is 1.90 bits per heavy atom. The molecule has 0 fully saturated rings. The van der Waals surface area contributed by atoms with Crippen LogP contribution in [0.2, 0.25) is 0 Å². The third kappa shape index (κ3) is 4.74. The molecule has 7 heteroatoms. The Hall–Kier alpha value is -3.35. The van der Waals surface area contributed by atoms with Crippen molar-refractivity contribution in [2.75, 3.05) is 13.2 Å². The number of nitrogens with one attached hydrogen (secondary N) is 1. The number of rotatable bonds is 7. The first-order chi connectivity index (χ1) is 13.8. The van der Waals surface area contributed by atoms with Crippen LogP contribution >= 0.6 is 0 Å². The molecule has 3 aromatic rings. The molecule has 0 spiro atoms. The number of furan rings is 1. The van der Waals surface area contributed by atoms with Gasteiger partial charge in [0.1, 0.15) is 23.6 Å². The number of aromatic nitrogens is 2. The SMILES string of the molecule is Cc1cc(C)cc(OCCNC(=O)C(C)(C)n2nc(-c3ccco3)ccc2=O)c1. The highest BCUT2D eigenvalue weighted by atomic mass is 16.5. The van der Waals surface area contributed by atoms with Gasteiger partial charge in [0.05, 0.1) is 12.8 Å². The van der Waals surface area contributed by atoms with Crippen molar-refractivity contribution in [3.05, 3.63) is 70.2 Å². The monoisotopic (exact) mass is 395 g/mol. The van der Waals surface area contributed by atoms with E-state index in [1.807, 2.05) is 26.0 Å². The quantitative estimate of drug-likeness (QED) is 0.622. The number of nitrogens with zero attached hydrogens (tertiary/aromatic N) is 2. The largest absolute Gasteiger partial charge is 0.492 e. The summed E-state index contributed by atoms with van der Waals surface area (Å²) in [6.45, 7) is 7.93. The van der Waals surface area contributed by atoms with Crippen molar-refractivity contribution < 1.29 is 13.9 Å². The maximum atomic E-state index is 12.7. The van der Waals surface area contributed by atoms with Crippen molar-refractivity contribution in [2.45, 2.75) is 33.2 Å². The van der Waals surface area contributed by atoms with Gasteiger partial charge in [-0.3, -0.25) is 9.59 Å². The molecule has 1 N–H and O–H groups in total. The van der Waals surface area contributed by atoms with Crippen molar-refractivity contribution in [2.24, 2.45) is 0 Å². The summed E-state index contributed by atoms with van der Waals surface area (Å²) >= 11 is 0. The molecule has 0 atom stereocenters. The van der Waals surface area contributed by atoms with Gasteiger partial charge < -0.3 is 14.5 Å². The summed E-state index contributed by atoms with van der Waals surface area (Å²) in [5.41, 5.74) is 1.17. The fourth-order valence-corrected chi connectivity index (χ4v) is 3.03. The molecule has 0 aliphatic heterocycles. The van der Waals surface area contributed by atoms with E-state index in [1.54, 1.807) is 32.0 Å². The molecule has 0 radical (unpaired) electrons. The number of carbonyl (C=O) groups is 1. The number of carbonyl (C=O) groups excluding carboxylic acids is 1. The van der Waals surface area contributed by atoms with Crippen LogP contribution in [-0.4, -0.2) is 28.8 Å². The lowest BCUT2D eigenvalue weighted by atomic mass is 10.0. The number of hydrogen-bond acceptors (Lipinski definition) is 5. The summed E-state index contributed by atoms with van der Waals surface area (Å²) in [6, 6.07) is 12.4. The number of aryl methyl sites for hydroxylation is 2. The number of hydrogen-bond donors (Lipinski definition) is 1. The highest BCUT2D eigenvalue weighted by Gasteiger charge is 2.32. The van der Waals surface area contributed by atoms with Crippen molar-refractivity contribution in [1.82, 2.24) is 15.1 Å². The van der Waals surface area contributed by atoms with Crippen molar-refractivity contribution in [3.63, 3.8) is 0 Å². The molecular formula is C22H25N3O4. The van der Waals surface area contributed by atoms with Gasteiger partial charge in [0.2, 0.25) is 5.91 Å². The summed E-state index contributed by atoms with van der Waals surface area (Å²) in [6.07, 6.45) is 1.53. The van der Waals surface area contributed by atoms with E-state index in [9.17, 15) is 9.59 Å². The van der Waals surface area contributed by atoms with E-state index < -0.39 is 5.54 Å². The molecule has 2 heterocycles. The normalized spacial score (nSPS) is 11.3. The lowest BCUT2D eigenvalue weighted by Gasteiger charge is -2.25. The molecule has 0 unspecified atom stereocenters. The van der Waals surface area contributed by atoms with Crippen molar-refractivity contribution in [3.8, 4) is 17.2 Å². The van der Waals surface area contributed by atoms with Crippen LogP contribution in [0.4, 0.5) is 0 Å². The van der Waals surface area contributed by atoms with Crippen LogP contribution in [0.3, 0.4) is 0 Å². The fourth-order valence-electron chi connectivity index (χ4n) is 3.03. The van der Waals surface area contributed by atoms with Gasteiger partial charge in [0.15, 0.2) is 5.76 Å². The Balaban J connectivity index is 1.65. The number of ether oxygens (including phenoxy) is 1. The second kappa shape index (κ2) is 8.34. The molecule has 0 aliphatic rings. The van der Waals surface area contributed by atoms with E-state index in [4.69, 9.17) is 9.15 Å². The maximum absolute atomic E-state index is 12.7. The van der Waals surface area contributed by atoms with Crippen molar-refractivity contribution in [1.29, 1.82) is 0 Å². The standard InChI is InChI=1S/C22H25N3O4/c1-15-12-16(2)14-17(13-15)28-11-9-23-21(27)22(3,4)25-20(26)8-7-18(24-25)19-6-5-10-29-19/h5-8,10,12-14H,9,11H2,1-4H3,(H,23,27). The summed E-state index contributed by atoms with van der Waals surface area (Å²) in [5.74, 6) is 0.963. The molecule has 1 aromatic carbocycles. The third-order valence-corrected chi connectivity index (χ3v) is 4.51. The minimum Gasteiger partial charge on any atom is -0.492 e. The number of amides is 1. The van der Waals surface area contributed by atoms with Gasteiger partial charge in [0, 0.05) is 6.07 Å². The van der Waals surface area contributed by atoms with E-state index in [1.165, 1.54) is 17.0 Å². The first-order valence-electron chi connectivity index (χ1n) is 9.41. The predicted molar refractivity (Wildman–Crippen MR) is 110 cm³/mol. The Bertz CT molecular complexity index is 1030. The molecule has 0 saturated heterocycles. The first-order valence-corrected chi connectivity index (χ1v) is 9.41. The maximum Gasteiger partial charge on any atom is 0.267 e. The van der Waals surface area contributed by atoms with Crippen LogP contribution in [0.15, 0.2) is 57.9 Å². The Labute approximate surface area is 169 Å². The van der Waals surface area contributed by atoms with Gasteiger partial charge in [-0.05, 0) is 69.2 Å². The zero-order valence-electron chi connectivity index (χ0n) is 17.1. The summed E-state index contributed by atoms with van der Waals surface area (Å²) in [7, 11) is 0. The molecule has 7 nitrogen and oxygen atoms in total. The van der Waals surface area contributed by atoms with Crippen LogP contribution in [0.25, 0.3) is 11.5 Å². The van der Waals surface area contributed by atoms with E-state index in [0.717, 1.165) is 16.9 Å². The highest BCUT2D eigenvalue weighted by Crippen LogP contribution is 2.19. The lowest BCUT2D eigenvalue weighted by molar-refractivity contribution is -0.129. The molecule has 0 bridgehead atoms. The smallest absolute Gasteiger partial charge is 0.267 e. The van der Waals surface area contributed by atoms with Gasteiger partial charge in [-0.1, -0.05) is 6.07 Å². The molecule has 1 amide bonds. The third-order valence-electron chi connectivity index (χ3n) is 4.51. The Morgan fingerprint density at radius 1 is 1.17 bits per heavy atom. The van der Waals surface area contributed by atoms with Gasteiger partial charge in [-0.15, -0.1) is 0 Å². The fraction of sp³-hybridized carbons (Fsp3) is 0.318. The second-order valence-corrected chi connectivity index (χ2v) is 7.43. The minimum atomic E-state index is -1.18. The average molecular weight is 395 g/mol. The van der Waals surface area contributed by atoms with Crippen molar-refractivity contribution >= 4 is 5.91 Å². The van der Waals surface area contributed by atoms with Gasteiger partial charge in [-0.2, -0.15) is 5.10 Å². The van der Waals surface area contributed by atoms with E-state index in [0.29, 0.717) is 24.6 Å². The zero-order chi connectivity index (χ0) is 21.0. The number of benzene rings is 1. The Kier molecular flexibility index (Phi) is 5.87. The van der Waals surface area contributed by atoms with Crippen LogP contribution in [0, 0.1) is 13.8 Å². The topological polar surface area (TPSA) is 86.4 Å². The van der Waals surface area contributed by atoms with Crippen LogP contribution in [0.1, 0.15) is 25.0 Å². The summed E-state index contributed by atoms with van der Waals surface area (Å²) < 4.78 is 12.2. The lowest BCUT2D eigenvalue weighted by Crippen LogP contribution is -2.50. The predicted octanol–water partition coefficient (Wildman–Crippen LogP) is 3.05. The molecule has 0 aliphatic carbocycles. The molecule has 0 saturated carbocycles. The van der Waals surface area contributed by atoms with E-state index >= 15 is 0 Å². The summed E-state index contributed by atoms with van der Waals surface area (Å²) in [5, 5.41) is 7.14. The average Bonchev–Trinajstić information content (AvgIpc) is 3.19. The minimum absolute atomic E-state index is 0.307. The summed E-state index contributed by atoms with van der Waals surface area (Å²) in [4.78, 5) is 25.1. The molecule has 29 heavy (non-hydrogen) atoms. The molecule has 3 rings (SSSR count). The highest BCUT2D eigenvalue weighted by molar-refractivity contribution is 5.83. The molecular weight excluding hydrogens is 370 g/mol. The molecule has 2 aromatic heterocycles. The molecule has 152 valence electrons. The second-order valence-electron chi connectivity index (χ2n) is 7.43. The van der Waals surface area contributed by atoms with Crippen LogP contribution in [-0.2, 0) is 10.3 Å². The van der Waals surface area contributed by atoms with Gasteiger partial charge in [-0.25, -0.2) is 4.68 Å². The van der Waals surface area contributed by atoms with Crippen LogP contribution in [0.5, 0.6) is 5.75 Å². The van der Waals surface area contributed by atoms with E-state index in [2.05, 4.69) is 16.5 Å². The Morgan fingerprint density at radius 3 is 2.55 bits per heavy atom. The van der Waals surface area contributed by atoms with E-state index in [-0.39, 0.29) is 11.5 Å².